The van der Waals surface area contributed by atoms with E-state index in [0.29, 0.717) is 25.1 Å². The van der Waals surface area contributed by atoms with Crippen molar-refractivity contribution in [1.82, 2.24) is 20.1 Å². The van der Waals surface area contributed by atoms with Gasteiger partial charge in [0.25, 0.3) is 0 Å². The van der Waals surface area contributed by atoms with Gasteiger partial charge in [-0.3, -0.25) is 9.36 Å². The van der Waals surface area contributed by atoms with Crippen molar-refractivity contribution in [3.8, 4) is 5.69 Å². The molecule has 1 aromatic carbocycles. The average molecular weight is 479 g/mol. The molecule has 2 aliphatic rings. The Morgan fingerprint density at radius 1 is 1.12 bits per heavy atom. The first-order valence-corrected chi connectivity index (χ1v) is 12.9. The summed E-state index contributed by atoms with van der Waals surface area (Å²) in [6, 6.07) is 8.19. The van der Waals surface area contributed by atoms with Gasteiger partial charge in [-0.25, -0.2) is 4.39 Å². The summed E-state index contributed by atoms with van der Waals surface area (Å²) in [5.41, 5.74) is 4.49. The molecule has 0 aliphatic heterocycles. The van der Waals surface area contributed by atoms with Crippen LogP contribution in [0.3, 0.4) is 0 Å². The lowest BCUT2D eigenvalue weighted by molar-refractivity contribution is -0.121. The van der Waals surface area contributed by atoms with Crippen LogP contribution in [-0.2, 0) is 11.2 Å². The van der Waals surface area contributed by atoms with Crippen LogP contribution in [0.2, 0.25) is 0 Å². The summed E-state index contributed by atoms with van der Waals surface area (Å²) in [6.45, 7) is 2.69. The van der Waals surface area contributed by atoms with Crippen LogP contribution in [-0.4, -0.2) is 33.0 Å². The molecular formula is C27H31FN4OS. The van der Waals surface area contributed by atoms with E-state index >= 15 is 0 Å². The zero-order valence-corrected chi connectivity index (χ0v) is 20.4. The van der Waals surface area contributed by atoms with Crippen molar-refractivity contribution >= 4 is 17.7 Å². The lowest BCUT2D eigenvalue weighted by atomic mass is 10.0. The van der Waals surface area contributed by atoms with E-state index in [4.69, 9.17) is 0 Å². The first kappa shape index (κ1) is 24.2. The molecule has 0 saturated heterocycles. The normalized spacial score (nSPS) is 15.5. The third-order valence-corrected chi connectivity index (χ3v) is 6.95. The number of allylic oxidation sites excluding steroid dienone is 6. The molecule has 0 unspecified atom stereocenters. The fourth-order valence-electron chi connectivity index (χ4n) is 4.01. The topological polar surface area (TPSA) is 59.8 Å². The number of aromatic nitrogens is 3. The number of nitrogens with one attached hydrogen (secondary N) is 1. The smallest absolute Gasteiger partial charge is 0.220 e. The van der Waals surface area contributed by atoms with Gasteiger partial charge in [0.05, 0.1) is 0 Å². The van der Waals surface area contributed by atoms with Crippen LogP contribution in [0.1, 0.15) is 49.9 Å². The Bertz CT molecular complexity index is 1130. The van der Waals surface area contributed by atoms with Gasteiger partial charge >= 0.3 is 0 Å². The number of carbonyl (C=O) groups is 1. The van der Waals surface area contributed by atoms with Crippen LogP contribution in [0.5, 0.6) is 0 Å². The third-order valence-electron chi connectivity index (χ3n) is 5.91. The summed E-state index contributed by atoms with van der Waals surface area (Å²) in [6.07, 6.45) is 15.3. The molecule has 2 aromatic rings. The lowest BCUT2D eigenvalue weighted by Gasteiger charge is -2.13. The fourth-order valence-corrected chi connectivity index (χ4v) is 5.00. The minimum absolute atomic E-state index is 0.0164. The molecule has 34 heavy (non-hydrogen) atoms. The number of carbonyl (C=O) groups excluding carboxylic acids is 1. The number of benzene rings is 1. The Hall–Kier alpha value is -2.93. The van der Waals surface area contributed by atoms with E-state index < -0.39 is 0 Å². The van der Waals surface area contributed by atoms with E-state index in [1.807, 2.05) is 23.6 Å². The van der Waals surface area contributed by atoms with Gasteiger partial charge in [-0.2, -0.15) is 0 Å². The van der Waals surface area contributed by atoms with Crippen LogP contribution in [0.25, 0.3) is 5.69 Å². The van der Waals surface area contributed by atoms with Gasteiger partial charge in [0.15, 0.2) is 5.16 Å². The SMILES string of the molecule is Cc1ccc(-n2c(CCC(=O)NCCC3=CCCC=C3)nnc2SCC2=CC(F)=CCC2)cc1. The zero-order chi connectivity index (χ0) is 23.8. The van der Waals surface area contributed by atoms with Gasteiger partial charge in [0.2, 0.25) is 5.91 Å². The van der Waals surface area contributed by atoms with Gasteiger partial charge in [0.1, 0.15) is 11.7 Å². The predicted octanol–water partition coefficient (Wildman–Crippen LogP) is 5.96. The van der Waals surface area contributed by atoms with Crippen molar-refractivity contribution in [3.05, 3.63) is 83.0 Å². The minimum atomic E-state index is -0.163. The number of amides is 1. The molecule has 178 valence electrons. The molecule has 1 amide bonds. The quantitative estimate of drug-likeness (QED) is 0.428. The molecule has 7 heteroatoms. The number of rotatable bonds is 10. The summed E-state index contributed by atoms with van der Waals surface area (Å²) in [5.74, 6) is 1.27. The molecule has 0 bridgehead atoms. The highest BCUT2D eigenvalue weighted by molar-refractivity contribution is 7.99. The summed E-state index contributed by atoms with van der Waals surface area (Å²) in [4.78, 5) is 12.5. The summed E-state index contributed by atoms with van der Waals surface area (Å²) in [7, 11) is 0. The van der Waals surface area contributed by atoms with Gasteiger partial charge in [-0.1, -0.05) is 58.8 Å². The Morgan fingerprint density at radius 2 is 1.97 bits per heavy atom. The van der Waals surface area contributed by atoms with Crippen molar-refractivity contribution in [1.29, 1.82) is 0 Å². The molecule has 0 atom stereocenters. The summed E-state index contributed by atoms with van der Waals surface area (Å²) >= 11 is 1.55. The predicted molar refractivity (Wildman–Crippen MR) is 136 cm³/mol. The monoisotopic (exact) mass is 478 g/mol. The molecule has 1 N–H and O–H groups in total. The number of hydrogen-bond acceptors (Lipinski definition) is 4. The van der Waals surface area contributed by atoms with E-state index in [0.717, 1.165) is 54.3 Å². The lowest BCUT2D eigenvalue weighted by Crippen LogP contribution is -2.25. The van der Waals surface area contributed by atoms with Crippen molar-refractivity contribution in [2.75, 3.05) is 12.3 Å². The molecule has 0 spiro atoms. The fraction of sp³-hybridized carbons (Fsp3) is 0.370. The second-order valence-corrected chi connectivity index (χ2v) is 9.59. The highest BCUT2D eigenvalue weighted by atomic mass is 32.2. The largest absolute Gasteiger partial charge is 0.356 e. The Balaban J connectivity index is 1.40. The average Bonchev–Trinajstić information content (AvgIpc) is 3.25. The van der Waals surface area contributed by atoms with Crippen LogP contribution in [0, 0.1) is 6.92 Å². The maximum atomic E-state index is 13.6. The number of nitrogens with zero attached hydrogens (tertiary/aromatic N) is 3. The number of aryl methyl sites for hydroxylation is 2. The Labute approximate surface area is 204 Å². The molecule has 0 fully saturated rings. The van der Waals surface area contributed by atoms with E-state index in [1.165, 1.54) is 11.1 Å². The van der Waals surface area contributed by atoms with Crippen molar-refractivity contribution in [2.45, 2.75) is 57.0 Å². The number of hydrogen-bond donors (Lipinski definition) is 1. The Morgan fingerprint density at radius 3 is 2.74 bits per heavy atom. The highest BCUT2D eigenvalue weighted by Gasteiger charge is 2.17. The standard InChI is InChI=1S/C27H31FN4OS/c1-20-10-12-24(13-11-20)32-25(14-15-26(33)29-17-16-21-6-3-2-4-7-21)30-31-27(32)34-19-22-8-5-9-23(28)18-22/h3,6-7,9-13,18H,2,4-5,8,14-17,19H2,1H3,(H,29,33). The molecule has 1 heterocycles. The van der Waals surface area contributed by atoms with E-state index in [9.17, 15) is 9.18 Å². The molecule has 0 saturated carbocycles. The number of thioether (sulfide) groups is 1. The maximum Gasteiger partial charge on any atom is 0.220 e. The first-order chi connectivity index (χ1) is 16.6. The molecule has 5 nitrogen and oxygen atoms in total. The molecule has 1 aromatic heterocycles. The molecule has 4 rings (SSSR count). The third kappa shape index (κ3) is 6.79. The van der Waals surface area contributed by atoms with Crippen molar-refractivity contribution in [3.63, 3.8) is 0 Å². The van der Waals surface area contributed by atoms with Crippen LogP contribution in [0.15, 0.2) is 76.8 Å². The second kappa shape index (κ2) is 12.0. The van der Waals surface area contributed by atoms with Gasteiger partial charge < -0.3 is 5.32 Å². The van der Waals surface area contributed by atoms with Crippen molar-refractivity contribution < 1.29 is 9.18 Å². The summed E-state index contributed by atoms with van der Waals surface area (Å²) in [5, 5.41) is 12.6. The van der Waals surface area contributed by atoms with Crippen LogP contribution in [0.4, 0.5) is 4.39 Å². The summed E-state index contributed by atoms with van der Waals surface area (Å²) < 4.78 is 15.6. The molecule has 0 radical (unpaired) electrons. The van der Waals surface area contributed by atoms with Gasteiger partial charge in [0, 0.05) is 30.8 Å². The first-order valence-electron chi connectivity index (χ1n) is 11.9. The number of halogens is 1. The second-order valence-electron chi connectivity index (χ2n) is 8.65. The van der Waals surface area contributed by atoms with E-state index in [1.54, 1.807) is 23.9 Å². The van der Waals surface area contributed by atoms with Gasteiger partial charge in [-0.05, 0) is 63.3 Å². The van der Waals surface area contributed by atoms with Gasteiger partial charge in [-0.15, -0.1) is 10.2 Å². The molecular weight excluding hydrogens is 447 g/mol. The van der Waals surface area contributed by atoms with E-state index in [-0.39, 0.29) is 11.7 Å². The molecule has 2 aliphatic carbocycles. The zero-order valence-electron chi connectivity index (χ0n) is 19.6. The highest BCUT2D eigenvalue weighted by Crippen LogP contribution is 2.28. The Kier molecular flexibility index (Phi) is 8.52. The van der Waals surface area contributed by atoms with Crippen LogP contribution >= 0.6 is 11.8 Å². The van der Waals surface area contributed by atoms with Crippen molar-refractivity contribution in [2.24, 2.45) is 0 Å². The minimum Gasteiger partial charge on any atom is -0.356 e. The maximum absolute atomic E-state index is 13.6. The van der Waals surface area contributed by atoms with E-state index in [2.05, 4.69) is 45.9 Å². The van der Waals surface area contributed by atoms with Crippen LogP contribution < -0.4 is 5.32 Å².